The molecular weight excluding hydrogens is 416 g/mol. The quantitative estimate of drug-likeness (QED) is 0.462. The molecule has 1 aliphatic heterocycles. The van der Waals surface area contributed by atoms with Crippen molar-refractivity contribution in [3.8, 4) is 11.1 Å². The number of aromatic nitrogens is 1. The molecule has 4 aromatic rings. The maximum absolute atomic E-state index is 13.0. The molecule has 2 heterocycles. The summed E-state index contributed by atoms with van der Waals surface area (Å²) in [5.41, 5.74) is 7.91. The lowest BCUT2D eigenvalue weighted by Crippen LogP contribution is -2.36. The summed E-state index contributed by atoms with van der Waals surface area (Å²) in [4.78, 5) is 29.5. The van der Waals surface area contributed by atoms with Crippen LogP contribution in [0.25, 0.3) is 22.0 Å². The van der Waals surface area contributed by atoms with Crippen molar-refractivity contribution >= 4 is 23.0 Å². The monoisotopic (exact) mass is 438 g/mol. The molecule has 0 atom stereocenters. The van der Waals surface area contributed by atoms with Gasteiger partial charge in [0.25, 0.3) is 0 Å². The summed E-state index contributed by atoms with van der Waals surface area (Å²) in [5.74, 6) is -0.941. The Bertz CT molecular complexity index is 1380. The van der Waals surface area contributed by atoms with E-state index in [9.17, 15) is 14.7 Å². The van der Waals surface area contributed by atoms with Crippen molar-refractivity contribution in [2.24, 2.45) is 0 Å². The molecule has 2 N–H and O–H groups in total. The number of fused-ring (bicyclic) bond motifs is 6. The first-order valence-corrected chi connectivity index (χ1v) is 11.1. The highest BCUT2D eigenvalue weighted by Gasteiger charge is 2.31. The van der Waals surface area contributed by atoms with Crippen molar-refractivity contribution in [1.29, 1.82) is 0 Å². The van der Waals surface area contributed by atoms with Crippen molar-refractivity contribution in [2.75, 3.05) is 13.2 Å². The molecule has 33 heavy (non-hydrogen) atoms. The van der Waals surface area contributed by atoms with E-state index in [4.69, 9.17) is 4.74 Å². The number of hydrogen-bond acceptors (Lipinski definition) is 3. The second-order valence-electron chi connectivity index (χ2n) is 8.62. The molecule has 0 unspecified atom stereocenters. The van der Waals surface area contributed by atoms with Crippen LogP contribution in [0.4, 0.5) is 4.79 Å². The number of carboxylic acid groups (broad SMARTS) is 1. The van der Waals surface area contributed by atoms with Crippen LogP contribution in [0.1, 0.15) is 38.7 Å². The Balaban J connectivity index is 1.22. The molecule has 0 radical (unpaired) electrons. The van der Waals surface area contributed by atoms with E-state index in [2.05, 4.69) is 29.2 Å². The number of carbonyl (C=O) groups is 2. The van der Waals surface area contributed by atoms with Crippen molar-refractivity contribution in [2.45, 2.75) is 18.9 Å². The van der Waals surface area contributed by atoms with Gasteiger partial charge in [-0.2, -0.15) is 0 Å². The summed E-state index contributed by atoms with van der Waals surface area (Å²) < 4.78 is 5.83. The Morgan fingerprint density at radius 3 is 2.39 bits per heavy atom. The summed E-state index contributed by atoms with van der Waals surface area (Å²) in [6, 6.07) is 21.6. The normalized spacial score (nSPS) is 14.6. The molecule has 1 aromatic heterocycles. The molecule has 0 saturated heterocycles. The van der Waals surface area contributed by atoms with Crippen molar-refractivity contribution < 1.29 is 19.4 Å². The molecule has 6 rings (SSSR count). The van der Waals surface area contributed by atoms with Crippen LogP contribution in [0.5, 0.6) is 0 Å². The van der Waals surface area contributed by atoms with Crippen LogP contribution in [0.2, 0.25) is 0 Å². The van der Waals surface area contributed by atoms with Gasteiger partial charge in [-0.25, -0.2) is 9.59 Å². The van der Waals surface area contributed by atoms with Crippen LogP contribution in [-0.4, -0.2) is 40.2 Å². The van der Waals surface area contributed by atoms with Crippen LogP contribution in [0, 0.1) is 0 Å². The SMILES string of the molecule is O=C(O)c1ccc2[nH]c3c(c2c1)CN(C(=O)OCC1c2ccccc2-c2ccccc21)CC3. The van der Waals surface area contributed by atoms with Crippen molar-refractivity contribution in [3.63, 3.8) is 0 Å². The summed E-state index contributed by atoms with van der Waals surface area (Å²) in [6.45, 7) is 1.24. The maximum atomic E-state index is 13.0. The van der Waals surface area contributed by atoms with Gasteiger partial charge >= 0.3 is 12.1 Å². The molecule has 164 valence electrons. The largest absolute Gasteiger partial charge is 0.478 e. The van der Waals surface area contributed by atoms with Crippen molar-refractivity contribution in [3.05, 3.63) is 94.7 Å². The van der Waals surface area contributed by atoms with Crippen LogP contribution in [-0.2, 0) is 17.7 Å². The number of nitrogens with zero attached hydrogens (tertiary/aromatic N) is 1. The van der Waals surface area contributed by atoms with Gasteiger partial charge in [-0.3, -0.25) is 0 Å². The van der Waals surface area contributed by atoms with E-state index in [1.807, 2.05) is 24.3 Å². The molecule has 1 amide bonds. The predicted octanol–water partition coefficient (Wildman–Crippen LogP) is 5.17. The summed E-state index contributed by atoms with van der Waals surface area (Å²) in [6.07, 6.45) is 0.336. The molecule has 0 spiro atoms. The summed E-state index contributed by atoms with van der Waals surface area (Å²) >= 11 is 0. The zero-order valence-corrected chi connectivity index (χ0v) is 17.9. The minimum Gasteiger partial charge on any atom is -0.478 e. The van der Waals surface area contributed by atoms with Crippen LogP contribution in [0.15, 0.2) is 66.7 Å². The van der Waals surface area contributed by atoms with Gasteiger partial charge in [-0.1, -0.05) is 48.5 Å². The highest BCUT2D eigenvalue weighted by atomic mass is 16.6. The van der Waals surface area contributed by atoms with Gasteiger partial charge in [0, 0.05) is 41.0 Å². The van der Waals surface area contributed by atoms with E-state index in [1.54, 1.807) is 23.1 Å². The van der Waals surface area contributed by atoms with Gasteiger partial charge in [-0.15, -0.1) is 0 Å². The van der Waals surface area contributed by atoms with E-state index in [0.29, 0.717) is 19.5 Å². The van der Waals surface area contributed by atoms with Crippen LogP contribution < -0.4 is 0 Å². The third-order valence-electron chi connectivity index (χ3n) is 6.82. The number of carboxylic acids is 1. The lowest BCUT2D eigenvalue weighted by atomic mass is 9.98. The number of H-pyrrole nitrogens is 1. The molecule has 1 aliphatic carbocycles. The first-order valence-electron chi connectivity index (χ1n) is 11.1. The van der Waals surface area contributed by atoms with Gasteiger partial charge in [-0.05, 0) is 40.5 Å². The zero-order valence-electron chi connectivity index (χ0n) is 17.9. The second-order valence-corrected chi connectivity index (χ2v) is 8.62. The smallest absolute Gasteiger partial charge is 0.410 e. The molecular formula is C27H22N2O4. The van der Waals surface area contributed by atoms with Gasteiger partial charge < -0.3 is 19.7 Å². The number of ether oxygens (including phenoxy) is 1. The third-order valence-corrected chi connectivity index (χ3v) is 6.82. The molecule has 0 saturated carbocycles. The first-order chi connectivity index (χ1) is 16.1. The first kappa shape index (κ1) is 19.6. The minimum absolute atomic E-state index is 0.0212. The molecule has 6 nitrogen and oxygen atoms in total. The number of aromatic carboxylic acids is 1. The van der Waals surface area contributed by atoms with Crippen molar-refractivity contribution in [1.82, 2.24) is 9.88 Å². The van der Waals surface area contributed by atoms with Gasteiger partial charge in [0.15, 0.2) is 0 Å². The summed E-state index contributed by atoms with van der Waals surface area (Å²) in [5, 5.41) is 10.2. The molecule has 0 fully saturated rings. The molecule has 6 heteroatoms. The lowest BCUT2D eigenvalue weighted by molar-refractivity contribution is 0.0696. The highest BCUT2D eigenvalue weighted by molar-refractivity contribution is 5.95. The van der Waals surface area contributed by atoms with E-state index < -0.39 is 5.97 Å². The Hall–Kier alpha value is -4.06. The summed E-state index contributed by atoms with van der Waals surface area (Å²) in [7, 11) is 0. The van der Waals surface area contributed by atoms with Gasteiger partial charge in [0.1, 0.15) is 6.61 Å². The third kappa shape index (κ3) is 3.18. The molecule has 2 aliphatic rings. The number of benzene rings is 3. The Labute approximate surface area is 190 Å². The number of hydrogen-bond donors (Lipinski definition) is 2. The Morgan fingerprint density at radius 2 is 1.70 bits per heavy atom. The highest BCUT2D eigenvalue weighted by Crippen LogP contribution is 2.44. The maximum Gasteiger partial charge on any atom is 0.410 e. The zero-order chi connectivity index (χ0) is 22.5. The fourth-order valence-electron chi connectivity index (χ4n) is 5.19. The van der Waals surface area contributed by atoms with E-state index in [1.165, 1.54) is 22.3 Å². The standard InChI is InChI=1S/C27H22N2O4/c30-26(31)16-9-10-24-21(13-16)22-14-29(12-11-25(22)28-24)27(32)33-15-23-19-7-3-1-5-17(19)18-6-2-4-8-20(18)23/h1-10,13,23,28H,11-12,14-15H2,(H,30,31). The van der Waals surface area contributed by atoms with E-state index in [-0.39, 0.29) is 24.2 Å². The second kappa shape index (κ2) is 7.52. The Kier molecular flexibility index (Phi) is 4.47. The Morgan fingerprint density at radius 1 is 1.00 bits per heavy atom. The number of carbonyl (C=O) groups excluding carboxylic acids is 1. The number of nitrogens with one attached hydrogen (secondary N) is 1. The van der Waals surface area contributed by atoms with Crippen LogP contribution in [0.3, 0.4) is 0 Å². The van der Waals surface area contributed by atoms with Crippen LogP contribution >= 0.6 is 0 Å². The number of rotatable bonds is 3. The lowest BCUT2D eigenvalue weighted by Gasteiger charge is -2.27. The number of amides is 1. The fraction of sp³-hybridized carbons (Fsp3) is 0.185. The average Bonchev–Trinajstić information content (AvgIpc) is 3.37. The van der Waals surface area contributed by atoms with E-state index in [0.717, 1.165) is 22.2 Å². The van der Waals surface area contributed by atoms with Gasteiger partial charge in [0.2, 0.25) is 0 Å². The average molecular weight is 438 g/mol. The molecule has 0 bridgehead atoms. The van der Waals surface area contributed by atoms with Gasteiger partial charge in [0.05, 0.1) is 12.1 Å². The minimum atomic E-state index is -0.962. The number of aromatic amines is 1. The molecule has 3 aromatic carbocycles. The topological polar surface area (TPSA) is 82.6 Å². The van der Waals surface area contributed by atoms with E-state index >= 15 is 0 Å². The predicted molar refractivity (Wildman–Crippen MR) is 124 cm³/mol. The fourth-order valence-corrected chi connectivity index (χ4v) is 5.19.